The summed E-state index contributed by atoms with van der Waals surface area (Å²) in [4.78, 5) is 37.5. The maximum Gasteiger partial charge on any atom is 0.315 e. The van der Waals surface area contributed by atoms with E-state index in [2.05, 4.69) is 25.6 Å². The highest BCUT2D eigenvalue weighted by Gasteiger charge is 2.66. The number of nitrogens with one attached hydrogen (secondary N) is 2. The van der Waals surface area contributed by atoms with Crippen LogP contribution < -0.4 is 20.1 Å². The van der Waals surface area contributed by atoms with Crippen molar-refractivity contribution in [3.05, 3.63) is 28.5 Å². The lowest BCUT2D eigenvalue weighted by Gasteiger charge is -2.53. The molecule has 0 saturated heterocycles. The Labute approximate surface area is 246 Å². The zero-order valence-corrected chi connectivity index (χ0v) is 25.6. The molecule has 0 spiro atoms. The number of carboxylic acid groups (broad SMARTS) is 2. The molecule has 3 atom stereocenters. The molecule has 4 rings (SSSR count). The van der Waals surface area contributed by atoms with Gasteiger partial charge in [-0.25, -0.2) is 0 Å². The van der Waals surface area contributed by atoms with Crippen molar-refractivity contribution in [3.8, 4) is 11.5 Å². The minimum absolute atomic E-state index is 0.0979. The third-order valence-electron chi connectivity index (χ3n) is 7.65. The first-order valence-electron chi connectivity index (χ1n) is 14.2. The number of anilines is 2. The highest BCUT2D eigenvalue weighted by atomic mass is 35.5. The summed E-state index contributed by atoms with van der Waals surface area (Å²) in [6.07, 6.45) is 2.28. The van der Waals surface area contributed by atoms with Crippen LogP contribution in [0.15, 0.2) is 12.1 Å². The number of nitrogens with zero attached hydrogens (tertiary/aromatic N) is 3. The van der Waals surface area contributed by atoms with Gasteiger partial charge in [0.25, 0.3) is 0 Å². The molecular weight excluding hydrogens is 550 g/mol. The fraction of sp³-hybridized carbons (Fsp3) is 0.621. The summed E-state index contributed by atoms with van der Waals surface area (Å²) in [5.41, 5.74) is -1.42. The van der Waals surface area contributed by atoms with E-state index in [0.29, 0.717) is 54.6 Å². The van der Waals surface area contributed by atoms with Crippen LogP contribution in [0.1, 0.15) is 85.3 Å². The van der Waals surface area contributed by atoms with Crippen LogP contribution in [-0.2, 0) is 21.4 Å². The minimum Gasteiger partial charge on any atom is -0.481 e. The summed E-state index contributed by atoms with van der Waals surface area (Å²) < 4.78 is 10.9. The average Bonchev–Trinajstić information content (AvgIpc) is 3.31. The third-order valence-corrected chi connectivity index (χ3v) is 7.82. The van der Waals surface area contributed by atoms with Gasteiger partial charge in [0, 0.05) is 12.1 Å². The van der Waals surface area contributed by atoms with Crippen molar-refractivity contribution >= 4 is 35.4 Å². The fourth-order valence-electron chi connectivity index (χ4n) is 6.21. The van der Waals surface area contributed by atoms with Gasteiger partial charge in [0.1, 0.15) is 5.41 Å². The minimum atomic E-state index is -1.49. The topological polar surface area (TPSA) is 156 Å². The molecule has 0 bridgehead atoms. The number of halogens is 1. The molecule has 1 aliphatic carbocycles. The highest BCUT2D eigenvalue weighted by molar-refractivity contribution is 6.28. The summed E-state index contributed by atoms with van der Waals surface area (Å²) in [6.45, 7) is 13.8. The third kappa shape index (κ3) is 6.29. The van der Waals surface area contributed by atoms with Gasteiger partial charge in [-0.1, -0.05) is 33.6 Å². The van der Waals surface area contributed by atoms with Gasteiger partial charge in [-0.05, 0) is 87.7 Å². The number of aromatic nitrogens is 3. The number of fused-ring (bicyclic) bond motifs is 2. The Morgan fingerprint density at radius 1 is 0.951 bits per heavy atom. The molecule has 0 saturated carbocycles. The predicted molar refractivity (Wildman–Crippen MR) is 157 cm³/mol. The molecule has 1 aromatic carbocycles. The monoisotopic (exact) mass is 591 g/mol. The van der Waals surface area contributed by atoms with Crippen molar-refractivity contribution in [3.63, 3.8) is 0 Å². The summed E-state index contributed by atoms with van der Waals surface area (Å²) in [5, 5.41) is 27.0. The SMILES string of the molecule is CC(C)Nc1nc(Cl)nc(NC(C)C)n1.CCCC1(C(=O)O)c2cc3c(cc2CC(C)C1(CCC)C(=O)O)OCO3. The smallest absolute Gasteiger partial charge is 0.315 e. The first kappa shape index (κ1) is 32.2. The van der Waals surface area contributed by atoms with Crippen LogP contribution in [0, 0.1) is 11.3 Å². The van der Waals surface area contributed by atoms with Crippen molar-refractivity contribution in [1.29, 1.82) is 0 Å². The zero-order valence-electron chi connectivity index (χ0n) is 24.9. The fourth-order valence-corrected chi connectivity index (χ4v) is 6.37. The quantitative estimate of drug-likeness (QED) is 0.266. The largest absolute Gasteiger partial charge is 0.481 e. The molecule has 1 aliphatic heterocycles. The van der Waals surface area contributed by atoms with Crippen molar-refractivity contribution in [2.45, 2.75) is 98.1 Å². The van der Waals surface area contributed by atoms with Crippen molar-refractivity contribution < 1.29 is 29.3 Å². The van der Waals surface area contributed by atoms with Crippen molar-refractivity contribution in [1.82, 2.24) is 15.0 Å². The Balaban J connectivity index is 0.000000263. The average molecular weight is 592 g/mol. The number of aliphatic carboxylic acids is 2. The van der Waals surface area contributed by atoms with E-state index >= 15 is 0 Å². The van der Waals surface area contributed by atoms with Gasteiger partial charge in [-0.2, -0.15) is 15.0 Å². The molecule has 0 amide bonds. The van der Waals surface area contributed by atoms with E-state index < -0.39 is 22.8 Å². The van der Waals surface area contributed by atoms with Crippen LogP contribution in [0.25, 0.3) is 0 Å². The van der Waals surface area contributed by atoms with Gasteiger partial charge in [-0.15, -0.1) is 0 Å². The van der Waals surface area contributed by atoms with Crippen LogP contribution in [0.3, 0.4) is 0 Å². The van der Waals surface area contributed by atoms with Gasteiger partial charge in [0.2, 0.25) is 24.0 Å². The van der Waals surface area contributed by atoms with E-state index in [1.54, 1.807) is 6.07 Å². The molecule has 2 aliphatic rings. The second kappa shape index (κ2) is 13.1. The second-order valence-corrected chi connectivity index (χ2v) is 11.6. The molecular formula is C29H42ClN5O6. The molecule has 226 valence electrons. The van der Waals surface area contributed by atoms with E-state index in [1.807, 2.05) is 54.5 Å². The predicted octanol–water partition coefficient (Wildman–Crippen LogP) is 5.77. The molecule has 0 radical (unpaired) electrons. The van der Waals surface area contributed by atoms with Gasteiger partial charge < -0.3 is 30.3 Å². The van der Waals surface area contributed by atoms with E-state index in [-0.39, 0.29) is 36.5 Å². The Morgan fingerprint density at radius 3 is 1.95 bits per heavy atom. The van der Waals surface area contributed by atoms with E-state index in [1.165, 1.54) is 0 Å². The Morgan fingerprint density at radius 2 is 1.49 bits per heavy atom. The van der Waals surface area contributed by atoms with Crippen molar-refractivity contribution in [2.24, 2.45) is 11.3 Å². The molecule has 12 heteroatoms. The Kier molecular flexibility index (Phi) is 10.3. The molecule has 1 aromatic heterocycles. The maximum absolute atomic E-state index is 12.7. The van der Waals surface area contributed by atoms with Crippen LogP contribution in [0.4, 0.5) is 11.9 Å². The van der Waals surface area contributed by atoms with Crippen LogP contribution in [0.5, 0.6) is 11.5 Å². The molecule has 0 fully saturated rings. The first-order chi connectivity index (χ1) is 19.3. The summed E-state index contributed by atoms with van der Waals surface area (Å²) in [7, 11) is 0. The Hall–Kier alpha value is -3.34. The van der Waals surface area contributed by atoms with E-state index in [0.717, 1.165) is 5.56 Å². The number of benzene rings is 1. The summed E-state index contributed by atoms with van der Waals surface area (Å²) >= 11 is 5.77. The molecule has 2 aromatic rings. The van der Waals surface area contributed by atoms with E-state index in [9.17, 15) is 19.8 Å². The summed E-state index contributed by atoms with van der Waals surface area (Å²) in [5.74, 6) is -0.314. The summed E-state index contributed by atoms with van der Waals surface area (Å²) in [6, 6.07) is 4.06. The van der Waals surface area contributed by atoms with Crippen LogP contribution in [-0.4, -0.2) is 56.0 Å². The molecule has 2 heterocycles. The molecule has 3 unspecified atom stereocenters. The lowest BCUT2D eigenvalue weighted by Crippen LogP contribution is -2.61. The second-order valence-electron chi connectivity index (χ2n) is 11.3. The first-order valence-corrected chi connectivity index (χ1v) is 14.5. The Bertz CT molecular complexity index is 1230. The number of hydrogen-bond donors (Lipinski definition) is 4. The molecule has 11 nitrogen and oxygen atoms in total. The molecule has 41 heavy (non-hydrogen) atoms. The standard InChI is InChI=1S/C20H26O6.C9H16ClN5/c1-4-6-19(17(21)22)12(3)8-13-9-15-16(26-11-25-15)10-14(13)20(19,7-5-2)18(23)24;1-5(2)11-8-13-7(10)14-9(15-8)12-6(3)4/h9-10,12H,4-8,11H2,1-3H3,(H,21,22)(H,23,24);5-6H,1-4H3,(H2,11,12,13,14,15). The van der Waals surface area contributed by atoms with Gasteiger partial charge >= 0.3 is 11.9 Å². The van der Waals surface area contributed by atoms with Gasteiger partial charge in [0.15, 0.2) is 11.5 Å². The highest BCUT2D eigenvalue weighted by Crippen LogP contribution is 2.59. The number of hydrogen-bond acceptors (Lipinski definition) is 9. The van der Waals surface area contributed by atoms with Crippen LogP contribution >= 0.6 is 11.6 Å². The van der Waals surface area contributed by atoms with Crippen molar-refractivity contribution in [2.75, 3.05) is 17.4 Å². The lowest BCUT2D eigenvalue weighted by molar-refractivity contribution is -0.174. The zero-order chi connectivity index (χ0) is 30.5. The van der Waals surface area contributed by atoms with E-state index in [4.69, 9.17) is 21.1 Å². The number of carbonyl (C=O) groups is 2. The maximum atomic E-state index is 12.7. The molecule has 4 N–H and O–H groups in total. The number of carboxylic acids is 2. The number of rotatable bonds is 10. The van der Waals surface area contributed by atoms with Crippen LogP contribution in [0.2, 0.25) is 5.28 Å². The van der Waals surface area contributed by atoms with Gasteiger partial charge in [-0.3, -0.25) is 9.59 Å². The normalized spacial score (nSPS) is 22.5. The van der Waals surface area contributed by atoms with Gasteiger partial charge in [0.05, 0.1) is 5.41 Å². The number of ether oxygens (including phenoxy) is 2. The lowest BCUT2D eigenvalue weighted by atomic mass is 9.47.